The molecule has 1 aliphatic rings. The van der Waals surface area contributed by atoms with Crippen LogP contribution in [0.2, 0.25) is 0 Å². The highest BCUT2D eigenvalue weighted by Crippen LogP contribution is 2.22. The van der Waals surface area contributed by atoms with E-state index in [2.05, 4.69) is 11.6 Å². The second-order valence-corrected chi connectivity index (χ2v) is 5.88. The minimum Gasteiger partial charge on any atom is -0.356 e. The van der Waals surface area contributed by atoms with Gasteiger partial charge in [-0.25, -0.2) is 0 Å². The first-order chi connectivity index (χ1) is 8.25. The van der Waals surface area contributed by atoms with Crippen molar-refractivity contribution in [3.8, 4) is 0 Å². The number of nitrogens with two attached hydrogens (primary N) is 1. The second-order valence-electron chi connectivity index (χ2n) is 4.90. The van der Waals surface area contributed by atoms with Gasteiger partial charge in [0.05, 0.1) is 5.92 Å². The molecule has 1 amide bonds. The van der Waals surface area contributed by atoms with E-state index < -0.39 is 0 Å². The summed E-state index contributed by atoms with van der Waals surface area (Å²) >= 11 is 1.86. The molecule has 4 heteroatoms. The first-order valence-corrected chi connectivity index (χ1v) is 8.17. The Kier molecular flexibility index (Phi) is 7.69. The van der Waals surface area contributed by atoms with Gasteiger partial charge in [0.15, 0.2) is 0 Å². The molecule has 0 aromatic heterocycles. The SMILES string of the molecule is CSCCCCNC(=O)C1CCCCCC1N. The van der Waals surface area contributed by atoms with Crippen molar-refractivity contribution in [3.63, 3.8) is 0 Å². The first-order valence-electron chi connectivity index (χ1n) is 6.78. The zero-order valence-electron chi connectivity index (χ0n) is 10.9. The number of hydrogen-bond donors (Lipinski definition) is 2. The number of hydrogen-bond acceptors (Lipinski definition) is 3. The van der Waals surface area contributed by atoms with Crippen LogP contribution < -0.4 is 11.1 Å². The number of nitrogens with one attached hydrogen (secondary N) is 1. The molecule has 2 unspecified atom stereocenters. The van der Waals surface area contributed by atoms with Crippen LogP contribution in [0.5, 0.6) is 0 Å². The number of carbonyl (C=O) groups excluding carboxylic acids is 1. The minimum absolute atomic E-state index is 0.0538. The average molecular weight is 258 g/mol. The molecule has 0 saturated heterocycles. The van der Waals surface area contributed by atoms with Gasteiger partial charge in [0.25, 0.3) is 0 Å². The number of thioether (sulfide) groups is 1. The van der Waals surface area contributed by atoms with Gasteiger partial charge in [-0.2, -0.15) is 11.8 Å². The molecule has 2 atom stereocenters. The van der Waals surface area contributed by atoms with Crippen LogP contribution in [0.3, 0.4) is 0 Å². The Labute approximate surface area is 109 Å². The highest BCUT2D eigenvalue weighted by Gasteiger charge is 2.26. The fraction of sp³-hybridized carbons (Fsp3) is 0.923. The smallest absolute Gasteiger partial charge is 0.224 e. The predicted molar refractivity (Wildman–Crippen MR) is 75.2 cm³/mol. The van der Waals surface area contributed by atoms with Crippen LogP contribution in [-0.4, -0.2) is 30.5 Å². The van der Waals surface area contributed by atoms with Crippen LogP contribution in [0.1, 0.15) is 44.9 Å². The Bertz CT molecular complexity index is 223. The van der Waals surface area contributed by atoms with E-state index in [1.165, 1.54) is 25.0 Å². The minimum atomic E-state index is 0.0538. The van der Waals surface area contributed by atoms with Crippen LogP contribution >= 0.6 is 11.8 Å². The van der Waals surface area contributed by atoms with Crippen LogP contribution in [0, 0.1) is 5.92 Å². The third-order valence-corrected chi connectivity index (χ3v) is 4.18. The average Bonchev–Trinajstić information content (AvgIpc) is 2.53. The number of carbonyl (C=O) groups is 1. The summed E-state index contributed by atoms with van der Waals surface area (Å²) in [4.78, 5) is 12.0. The van der Waals surface area contributed by atoms with Crippen LogP contribution in [0.4, 0.5) is 0 Å². The quantitative estimate of drug-likeness (QED) is 0.567. The summed E-state index contributed by atoms with van der Waals surface area (Å²) in [6, 6.07) is 0.0729. The number of amides is 1. The lowest BCUT2D eigenvalue weighted by atomic mass is 9.94. The van der Waals surface area contributed by atoms with E-state index in [0.717, 1.165) is 32.2 Å². The molecule has 3 N–H and O–H groups in total. The van der Waals surface area contributed by atoms with Crippen LogP contribution in [0.25, 0.3) is 0 Å². The summed E-state index contributed by atoms with van der Waals surface area (Å²) in [5.41, 5.74) is 6.07. The highest BCUT2D eigenvalue weighted by molar-refractivity contribution is 7.98. The summed E-state index contributed by atoms with van der Waals surface area (Å²) in [6.07, 6.45) is 9.90. The van der Waals surface area contributed by atoms with Gasteiger partial charge in [-0.1, -0.05) is 19.3 Å². The standard InChI is InChI=1S/C13H26N2OS/c1-17-10-6-5-9-15-13(16)11-7-3-2-4-8-12(11)14/h11-12H,2-10,14H2,1H3,(H,15,16). The molecular weight excluding hydrogens is 232 g/mol. The van der Waals surface area contributed by atoms with E-state index in [0.29, 0.717) is 0 Å². The van der Waals surface area contributed by atoms with Crippen molar-refractivity contribution in [2.75, 3.05) is 18.6 Å². The van der Waals surface area contributed by atoms with Crippen molar-refractivity contribution < 1.29 is 4.79 Å². The molecule has 0 radical (unpaired) electrons. The molecule has 0 aromatic rings. The molecule has 0 aromatic carbocycles. The molecule has 0 spiro atoms. The summed E-state index contributed by atoms with van der Waals surface area (Å²) < 4.78 is 0. The van der Waals surface area contributed by atoms with E-state index in [-0.39, 0.29) is 17.9 Å². The molecule has 0 bridgehead atoms. The number of rotatable bonds is 6. The van der Waals surface area contributed by atoms with Crippen molar-refractivity contribution in [2.45, 2.75) is 51.0 Å². The first kappa shape index (κ1) is 14.8. The van der Waals surface area contributed by atoms with Gasteiger partial charge in [0.1, 0.15) is 0 Å². The van der Waals surface area contributed by atoms with Gasteiger partial charge < -0.3 is 11.1 Å². The molecule has 100 valence electrons. The maximum atomic E-state index is 12.0. The second kappa shape index (κ2) is 8.81. The Morgan fingerprint density at radius 1 is 1.29 bits per heavy atom. The van der Waals surface area contributed by atoms with Gasteiger partial charge in [-0.3, -0.25) is 4.79 Å². The molecule has 3 nitrogen and oxygen atoms in total. The normalized spacial score (nSPS) is 25.3. The van der Waals surface area contributed by atoms with Gasteiger partial charge in [-0.15, -0.1) is 0 Å². The summed E-state index contributed by atoms with van der Waals surface area (Å²) in [5, 5.41) is 3.04. The van der Waals surface area contributed by atoms with Crippen LogP contribution in [0.15, 0.2) is 0 Å². The fourth-order valence-corrected chi connectivity index (χ4v) is 2.87. The van der Waals surface area contributed by atoms with E-state index in [1.54, 1.807) is 0 Å². The lowest BCUT2D eigenvalue weighted by molar-refractivity contribution is -0.125. The van der Waals surface area contributed by atoms with Crippen molar-refractivity contribution in [2.24, 2.45) is 11.7 Å². The largest absolute Gasteiger partial charge is 0.356 e. The van der Waals surface area contributed by atoms with E-state index in [1.807, 2.05) is 11.8 Å². The topological polar surface area (TPSA) is 55.1 Å². The zero-order valence-corrected chi connectivity index (χ0v) is 11.7. The van der Waals surface area contributed by atoms with E-state index >= 15 is 0 Å². The highest BCUT2D eigenvalue weighted by atomic mass is 32.2. The fourth-order valence-electron chi connectivity index (χ4n) is 2.38. The third-order valence-electron chi connectivity index (χ3n) is 3.48. The van der Waals surface area contributed by atoms with Crippen molar-refractivity contribution in [1.29, 1.82) is 0 Å². The van der Waals surface area contributed by atoms with Gasteiger partial charge in [0.2, 0.25) is 5.91 Å². The summed E-state index contributed by atoms with van der Waals surface area (Å²) in [7, 11) is 0. The lowest BCUT2D eigenvalue weighted by Crippen LogP contribution is -2.41. The Morgan fingerprint density at radius 3 is 2.82 bits per heavy atom. The molecule has 1 aliphatic carbocycles. The maximum absolute atomic E-state index is 12.0. The molecule has 0 aliphatic heterocycles. The number of unbranched alkanes of at least 4 members (excludes halogenated alkanes) is 1. The molecule has 1 fully saturated rings. The Morgan fingerprint density at radius 2 is 2.06 bits per heavy atom. The summed E-state index contributed by atoms with van der Waals surface area (Å²) in [5.74, 6) is 1.42. The van der Waals surface area contributed by atoms with Gasteiger partial charge in [-0.05, 0) is 37.7 Å². The predicted octanol–water partition coefficient (Wildman–Crippen LogP) is 2.15. The Balaban J connectivity index is 2.20. The molecule has 17 heavy (non-hydrogen) atoms. The van der Waals surface area contributed by atoms with E-state index in [9.17, 15) is 4.79 Å². The summed E-state index contributed by atoms with van der Waals surface area (Å²) in [6.45, 7) is 0.808. The molecule has 0 heterocycles. The molecular formula is C13H26N2OS. The third kappa shape index (κ3) is 5.77. The van der Waals surface area contributed by atoms with Crippen molar-refractivity contribution in [1.82, 2.24) is 5.32 Å². The van der Waals surface area contributed by atoms with E-state index in [4.69, 9.17) is 5.73 Å². The van der Waals surface area contributed by atoms with Crippen molar-refractivity contribution >= 4 is 17.7 Å². The van der Waals surface area contributed by atoms with Gasteiger partial charge >= 0.3 is 0 Å². The monoisotopic (exact) mass is 258 g/mol. The molecule has 1 rings (SSSR count). The van der Waals surface area contributed by atoms with Crippen molar-refractivity contribution in [3.05, 3.63) is 0 Å². The lowest BCUT2D eigenvalue weighted by Gasteiger charge is -2.20. The Hall–Kier alpha value is -0.220. The maximum Gasteiger partial charge on any atom is 0.224 e. The van der Waals surface area contributed by atoms with Crippen LogP contribution in [-0.2, 0) is 4.79 Å². The molecule has 1 saturated carbocycles. The van der Waals surface area contributed by atoms with Gasteiger partial charge in [0, 0.05) is 12.6 Å². The zero-order chi connectivity index (χ0) is 12.5.